The molecule has 2 fully saturated rings. The number of rotatable bonds is 6. The van der Waals surface area contributed by atoms with Gasteiger partial charge < -0.3 is 10.1 Å². The molecular formula is C21H32ClNO. The Hall–Kier alpha value is -0.570. The Kier molecular flexibility index (Phi) is 5.89. The molecule has 3 rings (SSSR count). The third-order valence-corrected chi connectivity index (χ3v) is 6.19. The van der Waals surface area contributed by atoms with E-state index in [0.717, 1.165) is 31.0 Å². The van der Waals surface area contributed by atoms with E-state index in [1.54, 1.807) is 0 Å². The Labute approximate surface area is 152 Å². The summed E-state index contributed by atoms with van der Waals surface area (Å²) in [5.74, 6) is 0. The molecule has 24 heavy (non-hydrogen) atoms. The topological polar surface area (TPSA) is 21.3 Å². The summed E-state index contributed by atoms with van der Waals surface area (Å²) in [6, 6.07) is 9.08. The van der Waals surface area contributed by atoms with Crippen molar-refractivity contribution < 1.29 is 4.74 Å². The average molecular weight is 350 g/mol. The maximum Gasteiger partial charge on any atom is 0.0641 e. The van der Waals surface area contributed by atoms with Crippen molar-refractivity contribution >= 4 is 11.6 Å². The van der Waals surface area contributed by atoms with Crippen LogP contribution in [-0.2, 0) is 11.2 Å². The van der Waals surface area contributed by atoms with E-state index in [1.807, 2.05) is 12.1 Å². The van der Waals surface area contributed by atoms with Gasteiger partial charge in [0.25, 0.3) is 0 Å². The van der Waals surface area contributed by atoms with Crippen LogP contribution in [0.4, 0.5) is 0 Å². The molecule has 1 saturated carbocycles. The van der Waals surface area contributed by atoms with Gasteiger partial charge in [-0.15, -0.1) is 0 Å². The maximum atomic E-state index is 6.04. The highest BCUT2D eigenvalue weighted by Gasteiger charge is 2.34. The summed E-state index contributed by atoms with van der Waals surface area (Å²) in [6.45, 7) is 6.44. The molecule has 1 aliphatic carbocycles. The van der Waals surface area contributed by atoms with Crippen LogP contribution in [0.25, 0.3) is 0 Å². The number of hydrogen-bond acceptors (Lipinski definition) is 2. The Morgan fingerprint density at radius 3 is 2.54 bits per heavy atom. The molecule has 3 heteroatoms. The third-order valence-electron chi connectivity index (χ3n) is 5.94. The van der Waals surface area contributed by atoms with Crippen molar-refractivity contribution in [3.05, 3.63) is 34.9 Å². The molecular weight excluding hydrogens is 318 g/mol. The maximum absolute atomic E-state index is 6.04. The first-order valence-corrected chi connectivity index (χ1v) is 9.96. The van der Waals surface area contributed by atoms with Crippen LogP contribution in [0.15, 0.2) is 24.3 Å². The van der Waals surface area contributed by atoms with Gasteiger partial charge in [0, 0.05) is 17.7 Å². The smallest absolute Gasteiger partial charge is 0.0641 e. The zero-order valence-electron chi connectivity index (χ0n) is 15.2. The molecule has 1 atom stereocenters. The van der Waals surface area contributed by atoms with Crippen molar-refractivity contribution in [3.63, 3.8) is 0 Å². The molecule has 134 valence electrons. The molecule has 1 heterocycles. The van der Waals surface area contributed by atoms with Crippen molar-refractivity contribution in [2.24, 2.45) is 5.41 Å². The first-order valence-electron chi connectivity index (χ1n) is 9.58. The number of benzene rings is 1. The Morgan fingerprint density at radius 1 is 1.17 bits per heavy atom. The number of hydrogen-bond donors (Lipinski definition) is 1. The lowest BCUT2D eigenvalue weighted by Crippen LogP contribution is -2.44. The van der Waals surface area contributed by atoms with E-state index < -0.39 is 0 Å². The molecule has 0 bridgehead atoms. The van der Waals surface area contributed by atoms with Gasteiger partial charge in [-0.3, -0.25) is 0 Å². The van der Waals surface area contributed by atoms with Crippen molar-refractivity contribution in [1.82, 2.24) is 5.32 Å². The van der Waals surface area contributed by atoms with E-state index >= 15 is 0 Å². The standard InChI is InChI=1S/C21H32ClNO/c1-20(2)16-19(9-14-24-20)23-13-12-21(10-3-4-11-21)15-17-5-7-18(22)8-6-17/h5-8,19,23H,3-4,9-16H2,1-2H3/t19-/m0/s1. The summed E-state index contributed by atoms with van der Waals surface area (Å²) >= 11 is 6.04. The van der Waals surface area contributed by atoms with Crippen LogP contribution in [0.1, 0.15) is 64.4 Å². The second-order valence-electron chi connectivity index (χ2n) is 8.51. The van der Waals surface area contributed by atoms with Crippen LogP contribution >= 0.6 is 11.6 Å². The van der Waals surface area contributed by atoms with Crippen molar-refractivity contribution in [1.29, 1.82) is 0 Å². The van der Waals surface area contributed by atoms with Gasteiger partial charge >= 0.3 is 0 Å². The number of halogens is 1. The predicted molar refractivity (Wildman–Crippen MR) is 102 cm³/mol. The summed E-state index contributed by atoms with van der Waals surface area (Å²) in [5, 5.41) is 4.66. The quantitative estimate of drug-likeness (QED) is 0.744. The van der Waals surface area contributed by atoms with Crippen LogP contribution in [0, 0.1) is 5.41 Å². The van der Waals surface area contributed by atoms with E-state index in [-0.39, 0.29) is 5.60 Å². The normalized spacial score (nSPS) is 25.7. The fourth-order valence-corrected chi connectivity index (χ4v) is 4.75. The summed E-state index contributed by atoms with van der Waals surface area (Å²) in [5.41, 5.74) is 1.96. The fourth-order valence-electron chi connectivity index (χ4n) is 4.62. The summed E-state index contributed by atoms with van der Waals surface area (Å²) in [7, 11) is 0. The lowest BCUT2D eigenvalue weighted by molar-refractivity contribution is -0.0630. The van der Waals surface area contributed by atoms with Gasteiger partial charge in [-0.1, -0.05) is 36.6 Å². The van der Waals surface area contributed by atoms with E-state index in [2.05, 4.69) is 31.3 Å². The van der Waals surface area contributed by atoms with Gasteiger partial charge in [0.1, 0.15) is 0 Å². The van der Waals surface area contributed by atoms with Crippen LogP contribution in [0.2, 0.25) is 5.02 Å². The largest absolute Gasteiger partial charge is 0.375 e. The molecule has 0 amide bonds. The Balaban J connectivity index is 1.53. The lowest BCUT2D eigenvalue weighted by Gasteiger charge is -2.37. The minimum atomic E-state index is 0.0320. The number of ether oxygens (including phenoxy) is 1. The lowest BCUT2D eigenvalue weighted by atomic mass is 9.77. The molecule has 1 aliphatic heterocycles. The van der Waals surface area contributed by atoms with Gasteiger partial charge in [0.15, 0.2) is 0 Å². The van der Waals surface area contributed by atoms with Gasteiger partial charge in [-0.2, -0.15) is 0 Å². The summed E-state index contributed by atoms with van der Waals surface area (Å²) in [6.07, 6.45) is 10.3. The van der Waals surface area contributed by atoms with Crippen LogP contribution in [0.3, 0.4) is 0 Å². The molecule has 2 aliphatic rings. The average Bonchev–Trinajstić information content (AvgIpc) is 2.97. The molecule has 1 N–H and O–H groups in total. The molecule has 0 spiro atoms. The van der Waals surface area contributed by atoms with E-state index in [1.165, 1.54) is 44.1 Å². The van der Waals surface area contributed by atoms with E-state index in [9.17, 15) is 0 Å². The summed E-state index contributed by atoms with van der Waals surface area (Å²) < 4.78 is 5.83. The van der Waals surface area contributed by atoms with Crippen molar-refractivity contribution in [3.8, 4) is 0 Å². The number of nitrogens with one attached hydrogen (secondary N) is 1. The van der Waals surface area contributed by atoms with E-state index in [4.69, 9.17) is 16.3 Å². The minimum Gasteiger partial charge on any atom is -0.375 e. The highest BCUT2D eigenvalue weighted by atomic mass is 35.5. The second kappa shape index (κ2) is 7.76. The highest BCUT2D eigenvalue weighted by molar-refractivity contribution is 6.30. The van der Waals surface area contributed by atoms with E-state index in [0.29, 0.717) is 11.5 Å². The molecule has 1 aromatic rings. The second-order valence-corrected chi connectivity index (χ2v) is 8.95. The van der Waals surface area contributed by atoms with Crippen LogP contribution < -0.4 is 5.32 Å². The monoisotopic (exact) mass is 349 g/mol. The third kappa shape index (κ3) is 4.97. The predicted octanol–water partition coefficient (Wildman–Crippen LogP) is 5.38. The Morgan fingerprint density at radius 2 is 1.88 bits per heavy atom. The molecule has 1 saturated heterocycles. The first-order chi connectivity index (χ1) is 11.5. The molecule has 2 nitrogen and oxygen atoms in total. The highest BCUT2D eigenvalue weighted by Crippen LogP contribution is 2.43. The zero-order chi connectivity index (χ0) is 17.0. The van der Waals surface area contributed by atoms with Crippen molar-refractivity contribution in [2.45, 2.75) is 76.9 Å². The molecule has 0 radical (unpaired) electrons. The Bertz CT molecular complexity index is 519. The van der Waals surface area contributed by atoms with Crippen LogP contribution in [0.5, 0.6) is 0 Å². The fraction of sp³-hybridized carbons (Fsp3) is 0.714. The SMILES string of the molecule is CC1(C)C[C@@H](NCCC2(Cc3ccc(Cl)cc3)CCCC2)CCO1. The minimum absolute atomic E-state index is 0.0320. The molecule has 0 unspecified atom stereocenters. The van der Waals surface area contributed by atoms with Gasteiger partial charge in [0.05, 0.1) is 5.60 Å². The van der Waals surface area contributed by atoms with Crippen molar-refractivity contribution in [2.75, 3.05) is 13.2 Å². The zero-order valence-corrected chi connectivity index (χ0v) is 16.0. The first kappa shape index (κ1) is 18.2. The molecule has 1 aromatic carbocycles. The van der Waals surface area contributed by atoms with Gasteiger partial charge in [0.2, 0.25) is 0 Å². The molecule has 0 aromatic heterocycles. The van der Waals surface area contributed by atoms with Crippen LogP contribution in [-0.4, -0.2) is 24.8 Å². The summed E-state index contributed by atoms with van der Waals surface area (Å²) in [4.78, 5) is 0. The van der Waals surface area contributed by atoms with Gasteiger partial charge in [-0.05, 0) is 82.0 Å². The van der Waals surface area contributed by atoms with Gasteiger partial charge in [-0.25, -0.2) is 0 Å².